The van der Waals surface area contributed by atoms with E-state index in [1.165, 1.54) is 5.56 Å². The highest BCUT2D eigenvalue weighted by Gasteiger charge is 2.23. The summed E-state index contributed by atoms with van der Waals surface area (Å²) in [5, 5.41) is 0. The average Bonchev–Trinajstić information content (AvgIpc) is 2.67. The van der Waals surface area contributed by atoms with Crippen LogP contribution in [0.15, 0.2) is 36.5 Å². The molecule has 6 heteroatoms. The van der Waals surface area contributed by atoms with Crippen LogP contribution < -0.4 is 15.2 Å². The van der Waals surface area contributed by atoms with Gasteiger partial charge >= 0.3 is 0 Å². The van der Waals surface area contributed by atoms with Crippen molar-refractivity contribution in [3.63, 3.8) is 0 Å². The second-order valence-corrected chi connectivity index (χ2v) is 5.87. The molecule has 0 fully saturated rings. The smallest absolute Gasteiger partial charge is 0.221 e. The van der Waals surface area contributed by atoms with Gasteiger partial charge in [-0.3, -0.25) is 0 Å². The van der Waals surface area contributed by atoms with Crippen molar-refractivity contribution in [1.29, 1.82) is 0 Å². The van der Waals surface area contributed by atoms with Crippen LogP contribution in [0.5, 0.6) is 11.6 Å². The van der Waals surface area contributed by atoms with E-state index in [1.807, 2.05) is 24.3 Å². The van der Waals surface area contributed by atoms with E-state index >= 15 is 0 Å². The molecule has 0 radical (unpaired) electrons. The number of benzene rings is 1. The van der Waals surface area contributed by atoms with Gasteiger partial charge in [0, 0.05) is 29.0 Å². The van der Waals surface area contributed by atoms with E-state index in [0.717, 1.165) is 46.7 Å². The number of pyridine rings is 1. The zero-order valence-corrected chi connectivity index (χ0v) is 14.1. The molecule has 0 spiro atoms. The fourth-order valence-corrected chi connectivity index (χ4v) is 3.22. The molecule has 2 heterocycles. The fraction of sp³-hybridized carbons (Fsp3) is 0.211. The Kier molecular flexibility index (Phi) is 3.72. The van der Waals surface area contributed by atoms with E-state index in [2.05, 4.69) is 21.0 Å². The summed E-state index contributed by atoms with van der Waals surface area (Å²) in [6.07, 6.45) is 3.54. The van der Waals surface area contributed by atoms with E-state index in [9.17, 15) is 0 Å². The quantitative estimate of drug-likeness (QED) is 0.793. The van der Waals surface area contributed by atoms with Crippen LogP contribution in [0.4, 0.5) is 5.95 Å². The standard InChI is InChI=1S/C19H18N4O2/c1-24-13-6-3-11-4-7-14-17(12-5-8-16(25-2)21-10-12)22-19(20)23-18(14)15(11)9-13/h3,5-6,8-10H,4,7H2,1-2H3,(H2,20,22,23). The second-order valence-electron chi connectivity index (χ2n) is 5.87. The molecule has 2 N–H and O–H groups in total. The lowest BCUT2D eigenvalue weighted by molar-refractivity contribution is 0.398. The van der Waals surface area contributed by atoms with E-state index < -0.39 is 0 Å². The van der Waals surface area contributed by atoms with Gasteiger partial charge in [0.2, 0.25) is 11.8 Å². The van der Waals surface area contributed by atoms with Gasteiger partial charge < -0.3 is 15.2 Å². The Balaban J connectivity index is 1.90. The average molecular weight is 334 g/mol. The molecule has 25 heavy (non-hydrogen) atoms. The van der Waals surface area contributed by atoms with Crippen molar-refractivity contribution in [3.8, 4) is 34.1 Å². The minimum Gasteiger partial charge on any atom is -0.497 e. The van der Waals surface area contributed by atoms with Crippen LogP contribution in [0.3, 0.4) is 0 Å². The minimum atomic E-state index is 0.250. The number of aryl methyl sites for hydroxylation is 1. The lowest BCUT2D eigenvalue weighted by atomic mass is 9.87. The maximum absolute atomic E-state index is 6.01. The molecule has 1 aliphatic carbocycles. The first kappa shape index (κ1) is 15.4. The summed E-state index contributed by atoms with van der Waals surface area (Å²) >= 11 is 0. The van der Waals surface area contributed by atoms with E-state index in [4.69, 9.17) is 15.2 Å². The summed E-state index contributed by atoms with van der Waals surface area (Å²) in [5.74, 6) is 1.62. The lowest BCUT2D eigenvalue weighted by Crippen LogP contribution is -2.11. The fourth-order valence-electron chi connectivity index (χ4n) is 3.22. The number of ether oxygens (including phenoxy) is 2. The number of anilines is 1. The van der Waals surface area contributed by atoms with E-state index in [0.29, 0.717) is 5.88 Å². The van der Waals surface area contributed by atoms with Gasteiger partial charge in [0.15, 0.2) is 0 Å². The molecule has 1 aromatic carbocycles. The van der Waals surface area contributed by atoms with Gasteiger partial charge in [0.05, 0.1) is 25.6 Å². The van der Waals surface area contributed by atoms with Gasteiger partial charge in [0.1, 0.15) is 5.75 Å². The number of nitrogens with two attached hydrogens (primary N) is 1. The molecule has 0 saturated carbocycles. The van der Waals surface area contributed by atoms with Crippen LogP contribution in [0, 0.1) is 0 Å². The van der Waals surface area contributed by atoms with E-state index in [1.54, 1.807) is 20.4 Å². The molecule has 0 amide bonds. The van der Waals surface area contributed by atoms with Crippen LogP contribution in [0.1, 0.15) is 11.1 Å². The largest absolute Gasteiger partial charge is 0.497 e. The van der Waals surface area contributed by atoms with Crippen molar-refractivity contribution < 1.29 is 9.47 Å². The SMILES string of the molecule is COc1ccc2c(c1)-c1nc(N)nc(-c3ccc(OC)nc3)c1CC2. The third-order valence-corrected chi connectivity index (χ3v) is 4.46. The molecule has 0 aliphatic heterocycles. The number of hydrogen-bond donors (Lipinski definition) is 1. The monoisotopic (exact) mass is 334 g/mol. The first-order chi connectivity index (χ1) is 12.2. The summed E-state index contributed by atoms with van der Waals surface area (Å²) in [7, 11) is 3.26. The van der Waals surface area contributed by atoms with Crippen LogP contribution in [-0.4, -0.2) is 29.2 Å². The number of nitrogen functional groups attached to an aromatic ring is 1. The Morgan fingerprint density at radius 1 is 0.960 bits per heavy atom. The summed E-state index contributed by atoms with van der Waals surface area (Å²) in [5.41, 5.74) is 12.0. The first-order valence-electron chi connectivity index (χ1n) is 8.03. The molecular formula is C19H18N4O2. The van der Waals surface area contributed by atoms with Crippen LogP contribution >= 0.6 is 0 Å². The molecule has 0 unspecified atom stereocenters. The van der Waals surface area contributed by atoms with Gasteiger partial charge in [-0.25, -0.2) is 15.0 Å². The Bertz CT molecular complexity index is 939. The number of nitrogens with zero attached hydrogens (tertiary/aromatic N) is 3. The van der Waals surface area contributed by atoms with Gasteiger partial charge in [-0.15, -0.1) is 0 Å². The number of fused-ring (bicyclic) bond motifs is 3. The molecule has 2 aromatic heterocycles. The van der Waals surface area contributed by atoms with Crippen molar-refractivity contribution in [2.75, 3.05) is 20.0 Å². The lowest BCUT2D eigenvalue weighted by Gasteiger charge is -2.22. The normalized spacial score (nSPS) is 12.2. The molecule has 6 nitrogen and oxygen atoms in total. The number of aromatic nitrogens is 3. The summed E-state index contributed by atoms with van der Waals surface area (Å²) in [6, 6.07) is 9.83. The Morgan fingerprint density at radius 3 is 2.52 bits per heavy atom. The van der Waals surface area contributed by atoms with Crippen molar-refractivity contribution in [3.05, 3.63) is 47.7 Å². The Labute approximate surface area is 145 Å². The molecule has 126 valence electrons. The second kappa shape index (κ2) is 6.05. The van der Waals surface area contributed by atoms with Crippen molar-refractivity contribution in [2.24, 2.45) is 0 Å². The number of rotatable bonds is 3. The Morgan fingerprint density at radius 2 is 1.80 bits per heavy atom. The first-order valence-corrected chi connectivity index (χ1v) is 8.03. The zero-order valence-electron chi connectivity index (χ0n) is 14.1. The highest BCUT2D eigenvalue weighted by Crippen LogP contribution is 2.38. The van der Waals surface area contributed by atoms with Gasteiger partial charge in [-0.2, -0.15) is 0 Å². The number of methoxy groups -OCH3 is 2. The summed E-state index contributed by atoms with van der Waals surface area (Å²) in [4.78, 5) is 13.3. The highest BCUT2D eigenvalue weighted by molar-refractivity contribution is 5.78. The predicted octanol–water partition coefficient (Wildman–Crippen LogP) is 2.90. The van der Waals surface area contributed by atoms with Crippen molar-refractivity contribution in [1.82, 2.24) is 15.0 Å². The van der Waals surface area contributed by atoms with Crippen LogP contribution in [0.25, 0.3) is 22.5 Å². The molecule has 0 saturated heterocycles. The molecule has 0 bridgehead atoms. The van der Waals surface area contributed by atoms with Gasteiger partial charge in [-0.05, 0) is 36.6 Å². The third-order valence-electron chi connectivity index (χ3n) is 4.46. The molecule has 1 aliphatic rings. The zero-order chi connectivity index (χ0) is 17.4. The highest BCUT2D eigenvalue weighted by atomic mass is 16.5. The van der Waals surface area contributed by atoms with Crippen molar-refractivity contribution in [2.45, 2.75) is 12.8 Å². The third kappa shape index (κ3) is 2.65. The molecular weight excluding hydrogens is 316 g/mol. The molecule has 0 atom stereocenters. The van der Waals surface area contributed by atoms with Crippen LogP contribution in [-0.2, 0) is 12.8 Å². The van der Waals surface area contributed by atoms with Crippen molar-refractivity contribution >= 4 is 5.95 Å². The topological polar surface area (TPSA) is 83.2 Å². The van der Waals surface area contributed by atoms with E-state index in [-0.39, 0.29) is 5.95 Å². The number of hydrogen-bond acceptors (Lipinski definition) is 6. The molecule has 4 rings (SSSR count). The van der Waals surface area contributed by atoms with Crippen LogP contribution in [0.2, 0.25) is 0 Å². The maximum Gasteiger partial charge on any atom is 0.221 e. The predicted molar refractivity (Wildman–Crippen MR) is 95.6 cm³/mol. The maximum atomic E-state index is 6.01. The molecule has 3 aromatic rings. The van der Waals surface area contributed by atoms with Gasteiger partial charge in [0.25, 0.3) is 0 Å². The minimum absolute atomic E-state index is 0.250. The van der Waals surface area contributed by atoms with Gasteiger partial charge in [-0.1, -0.05) is 6.07 Å². The summed E-state index contributed by atoms with van der Waals surface area (Å²) in [6.45, 7) is 0. The Hall–Kier alpha value is -3.15. The summed E-state index contributed by atoms with van der Waals surface area (Å²) < 4.78 is 10.5.